The van der Waals surface area contributed by atoms with Gasteiger partial charge in [0.1, 0.15) is 5.69 Å². The van der Waals surface area contributed by atoms with Crippen LogP contribution in [-0.2, 0) is 10.0 Å². The highest BCUT2D eigenvalue weighted by atomic mass is 32.2. The van der Waals surface area contributed by atoms with E-state index >= 15 is 0 Å². The molecule has 0 saturated heterocycles. The minimum absolute atomic E-state index is 0.0458. The number of nitrogens with one attached hydrogen (secondary N) is 2. The molecule has 1 aliphatic rings. The van der Waals surface area contributed by atoms with Gasteiger partial charge in [-0.05, 0) is 50.6 Å². The lowest BCUT2D eigenvalue weighted by atomic mass is 10.0. The van der Waals surface area contributed by atoms with Gasteiger partial charge in [0.05, 0.1) is 15.9 Å². The second-order valence-electron chi connectivity index (χ2n) is 7.51. The third-order valence-corrected chi connectivity index (χ3v) is 6.35. The topological polar surface area (TPSA) is 105 Å². The smallest absolute Gasteiger partial charge is 0.293 e. The third-order valence-electron chi connectivity index (χ3n) is 4.89. The Hall–Kier alpha value is -2.49. The Morgan fingerprint density at radius 3 is 2.45 bits per heavy atom. The molecule has 0 aromatic heterocycles. The lowest BCUT2D eigenvalue weighted by Gasteiger charge is -2.20. The van der Waals surface area contributed by atoms with E-state index in [1.807, 2.05) is 49.3 Å². The van der Waals surface area contributed by atoms with Gasteiger partial charge in [-0.3, -0.25) is 10.1 Å². The van der Waals surface area contributed by atoms with Crippen LogP contribution in [0.5, 0.6) is 0 Å². The first-order chi connectivity index (χ1) is 13.8. The van der Waals surface area contributed by atoms with Crippen LogP contribution in [0.4, 0.5) is 11.4 Å². The maximum atomic E-state index is 12.5. The van der Waals surface area contributed by atoms with Crippen molar-refractivity contribution in [3.05, 3.63) is 64.2 Å². The highest BCUT2D eigenvalue weighted by molar-refractivity contribution is 7.89. The molecular weight excluding hydrogens is 392 g/mol. The van der Waals surface area contributed by atoms with Gasteiger partial charge in [0, 0.05) is 19.2 Å². The van der Waals surface area contributed by atoms with E-state index in [9.17, 15) is 18.5 Å². The lowest BCUT2D eigenvalue weighted by molar-refractivity contribution is -0.384. The summed E-state index contributed by atoms with van der Waals surface area (Å²) >= 11 is 0. The number of rotatable bonds is 10. The van der Waals surface area contributed by atoms with Gasteiger partial charge < -0.3 is 10.2 Å². The van der Waals surface area contributed by atoms with E-state index in [0.717, 1.165) is 24.5 Å². The maximum absolute atomic E-state index is 12.5. The van der Waals surface area contributed by atoms with Gasteiger partial charge in [-0.15, -0.1) is 0 Å². The summed E-state index contributed by atoms with van der Waals surface area (Å²) < 4.78 is 27.5. The number of benzene rings is 2. The summed E-state index contributed by atoms with van der Waals surface area (Å²) in [5.74, 6) is 0.410. The molecule has 0 amide bonds. The van der Waals surface area contributed by atoms with Gasteiger partial charge >= 0.3 is 0 Å². The van der Waals surface area contributed by atoms with Gasteiger partial charge in [-0.1, -0.05) is 30.3 Å². The summed E-state index contributed by atoms with van der Waals surface area (Å²) in [4.78, 5) is 12.8. The standard InChI is InChI=1S/C20H26N4O4S/c1-23(2)13-12-21-29(27,28)17-10-11-18(19(14-17)24(25)26)22-20(16-8-9-16)15-6-4-3-5-7-15/h3-7,10-11,14,16,20-22H,8-9,12-13H2,1-2H3. The fraction of sp³-hybridized carbons (Fsp3) is 0.400. The molecule has 1 atom stereocenters. The molecule has 8 nitrogen and oxygen atoms in total. The van der Waals surface area contributed by atoms with Crippen molar-refractivity contribution in [2.45, 2.75) is 23.8 Å². The summed E-state index contributed by atoms with van der Waals surface area (Å²) in [5, 5.41) is 14.9. The molecule has 3 rings (SSSR count). The predicted molar refractivity (Wildman–Crippen MR) is 112 cm³/mol. The van der Waals surface area contributed by atoms with E-state index in [4.69, 9.17) is 0 Å². The van der Waals surface area contributed by atoms with Crippen LogP contribution >= 0.6 is 0 Å². The number of hydrogen-bond acceptors (Lipinski definition) is 6. The van der Waals surface area contributed by atoms with Crippen LogP contribution in [0.2, 0.25) is 0 Å². The van der Waals surface area contributed by atoms with Crippen LogP contribution in [0.1, 0.15) is 24.4 Å². The van der Waals surface area contributed by atoms with Gasteiger partial charge in [0.25, 0.3) is 5.69 Å². The molecule has 1 unspecified atom stereocenters. The van der Waals surface area contributed by atoms with E-state index in [0.29, 0.717) is 18.2 Å². The average Bonchev–Trinajstić information content (AvgIpc) is 3.51. The van der Waals surface area contributed by atoms with Gasteiger partial charge in [0.15, 0.2) is 0 Å². The summed E-state index contributed by atoms with van der Waals surface area (Å²) in [5.41, 5.74) is 1.14. The number of anilines is 1. The molecule has 29 heavy (non-hydrogen) atoms. The number of nitrogens with zero attached hydrogens (tertiary/aromatic N) is 2. The van der Waals surface area contributed by atoms with Gasteiger partial charge in [-0.25, -0.2) is 13.1 Å². The molecule has 2 aromatic rings. The first-order valence-electron chi connectivity index (χ1n) is 9.52. The van der Waals surface area contributed by atoms with E-state index in [-0.39, 0.29) is 23.2 Å². The zero-order valence-electron chi connectivity index (χ0n) is 16.5. The van der Waals surface area contributed by atoms with Crippen LogP contribution in [0.15, 0.2) is 53.4 Å². The van der Waals surface area contributed by atoms with Crippen molar-refractivity contribution in [3.8, 4) is 0 Å². The fourth-order valence-corrected chi connectivity index (χ4v) is 4.21. The van der Waals surface area contributed by atoms with Crippen LogP contribution in [0, 0.1) is 16.0 Å². The Morgan fingerprint density at radius 1 is 1.17 bits per heavy atom. The Bertz CT molecular complexity index is 960. The molecule has 1 aliphatic carbocycles. The molecule has 0 radical (unpaired) electrons. The highest BCUT2D eigenvalue weighted by Gasteiger charge is 2.33. The molecule has 1 fully saturated rings. The normalized spacial score (nSPS) is 15.3. The van der Waals surface area contributed by atoms with Crippen molar-refractivity contribution in [1.82, 2.24) is 9.62 Å². The van der Waals surface area contributed by atoms with E-state index < -0.39 is 14.9 Å². The van der Waals surface area contributed by atoms with E-state index in [1.165, 1.54) is 12.1 Å². The first kappa shape index (κ1) is 21.2. The number of nitro groups is 1. The van der Waals surface area contributed by atoms with Crippen molar-refractivity contribution >= 4 is 21.4 Å². The maximum Gasteiger partial charge on any atom is 0.293 e. The lowest BCUT2D eigenvalue weighted by Crippen LogP contribution is -2.31. The second-order valence-corrected chi connectivity index (χ2v) is 9.27. The molecule has 9 heteroatoms. The number of likely N-dealkylation sites (N-methyl/N-ethyl adjacent to an activating group) is 1. The number of nitro benzene ring substituents is 1. The van der Waals surface area contributed by atoms with Crippen LogP contribution in [-0.4, -0.2) is 45.4 Å². The highest BCUT2D eigenvalue weighted by Crippen LogP contribution is 2.44. The Kier molecular flexibility index (Phi) is 6.51. The van der Waals surface area contributed by atoms with E-state index in [1.54, 1.807) is 0 Å². The monoisotopic (exact) mass is 418 g/mol. The fourth-order valence-electron chi connectivity index (χ4n) is 3.17. The van der Waals surface area contributed by atoms with Crippen LogP contribution in [0.25, 0.3) is 0 Å². The zero-order chi connectivity index (χ0) is 21.0. The molecule has 156 valence electrons. The van der Waals surface area contributed by atoms with Crippen LogP contribution in [0.3, 0.4) is 0 Å². The largest absolute Gasteiger partial charge is 0.372 e. The molecule has 2 aromatic carbocycles. The minimum Gasteiger partial charge on any atom is -0.372 e. The molecular formula is C20H26N4O4S. The summed E-state index contributed by atoms with van der Waals surface area (Å²) in [6.45, 7) is 0.752. The molecule has 0 spiro atoms. The molecule has 1 saturated carbocycles. The quantitative estimate of drug-likeness (QED) is 0.454. The van der Waals surface area contributed by atoms with Crippen LogP contribution < -0.4 is 10.0 Å². The predicted octanol–water partition coefficient (Wildman–Crippen LogP) is 3.00. The Balaban J connectivity index is 1.85. The third kappa shape index (κ3) is 5.53. The van der Waals surface area contributed by atoms with Gasteiger partial charge in [-0.2, -0.15) is 0 Å². The number of sulfonamides is 1. The summed E-state index contributed by atoms with van der Waals surface area (Å²) in [6, 6.07) is 13.8. The minimum atomic E-state index is -3.82. The van der Waals surface area contributed by atoms with Crippen molar-refractivity contribution in [1.29, 1.82) is 0 Å². The van der Waals surface area contributed by atoms with Crippen molar-refractivity contribution in [2.75, 3.05) is 32.5 Å². The molecule has 0 heterocycles. The first-order valence-corrected chi connectivity index (χ1v) is 11.0. The van der Waals surface area contributed by atoms with Gasteiger partial charge in [0.2, 0.25) is 10.0 Å². The van der Waals surface area contributed by atoms with Crippen molar-refractivity contribution in [2.24, 2.45) is 5.92 Å². The summed E-state index contributed by atoms with van der Waals surface area (Å²) in [6.07, 6.45) is 2.12. The second kappa shape index (κ2) is 8.89. The Labute approximate surface area is 171 Å². The van der Waals surface area contributed by atoms with E-state index in [2.05, 4.69) is 10.0 Å². The molecule has 0 bridgehead atoms. The summed E-state index contributed by atoms with van der Waals surface area (Å²) in [7, 11) is -0.150. The number of hydrogen-bond donors (Lipinski definition) is 2. The average molecular weight is 419 g/mol. The van der Waals surface area contributed by atoms with Crippen molar-refractivity contribution in [3.63, 3.8) is 0 Å². The molecule has 0 aliphatic heterocycles. The zero-order valence-corrected chi connectivity index (χ0v) is 17.4. The molecule has 2 N–H and O–H groups in total. The SMILES string of the molecule is CN(C)CCNS(=O)(=O)c1ccc(NC(c2ccccc2)C2CC2)c([N+](=O)[O-])c1. The Morgan fingerprint density at radius 2 is 1.86 bits per heavy atom. The van der Waals surface area contributed by atoms with Crippen molar-refractivity contribution < 1.29 is 13.3 Å².